The van der Waals surface area contributed by atoms with Gasteiger partial charge in [-0.15, -0.1) is 83.4 Å². The monoisotopic (exact) mass is 1440 g/mol. The van der Waals surface area contributed by atoms with Gasteiger partial charge in [-0.25, -0.2) is 15.0 Å². The van der Waals surface area contributed by atoms with Crippen molar-refractivity contribution in [3.05, 3.63) is 294 Å². The fourth-order valence-electron chi connectivity index (χ4n) is 12.3. The third-order valence-corrected chi connectivity index (χ3v) is 17.5. The van der Waals surface area contributed by atoms with Crippen LogP contribution in [0, 0.1) is 24.0 Å². The van der Waals surface area contributed by atoms with Crippen LogP contribution in [-0.2, 0) is 56.6 Å². The Balaban J connectivity index is 0.000000188. The molecule has 0 atom stereocenters. The van der Waals surface area contributed by atoms with Crippen LogP contribution in [0.1, 0.15) is 126 Å². The van der Waals surface area contributed by atoms with E-state index in [9.17, 15) is 4.39 Å². The first-order valence-corrected chi connectivity index (χ1v) is 33.0. The third-order valence-electron chi connectivity index (χ3n) is 17.5. The van der Waals surface area contributed by atoms with Gasteiger partial charge in [-0.1, -0.05) is 214 Å². The summed E-state index contributed by atoms with van der Waals surface area (Å²) >= 11 is 0. The van der Waals surface area contributed by atoms with E-state index >= 15 is 0 Å². The molecule has 0 aliphatic carbocycles. The molecule has 14 aromatic rings. The van der Waals surface area contributed by atoms with Crippen LogP contribution in [0.5, 0.6) is 0 Å². The summed E-state index contributed by atoms with van der Waals surface area (Å²) in [4.78, 5) is 29.1. The number of fused-ring (bicyclic) bond motifs is 4. The maximum Gasteiger partial charge on any atom is 3.00 e. The second kappa shape index (κ2) is 28.2. The van der Waals surface area contributed by atoms with E-state index < -0.39 is 0 Å². The van der Waals surface area contributed by atoms with Gasteiger partial charge in [0.1, 0.15) is 17.2 Å². The van der Waals surface area contributed by atoms with Crippen molar-refractivity contribution < 1.29 is 28.9 Å². The molecule has 0 saturated carbocycles. The Morgan fingerprint density at radius 2 is 1.06 bits per heavy atom. The smallest absolute Gasteiger partial charge is 0.501 e. The Morgan fingerprint density at radius 1 is 0.479 bits per heavy atom. The normalized spacial score (nSPS) is 11.8. The molecule has 0 aliphatic heterocycles. The number of imidazole rings is 1. The molecule has 0 N–H and O–H groups in total. The second-order valence-corrected chi connectivity index (χ2v) is 27.4. The first-order valence-electron chi connectivity index (χ1n) is 33.0. The van der Waals surface area contributed by atoms with Crippen LogP contribution in [0.4, 0.5) is 4.39 Å². The number of halogens is 1. The summed E-state index contributed by atoms with van der Waals surface area (Å²) in [6.07, 6.45) is 7.44. The van der Waals surface area contributed by atoms with Gasteiger partial charge < -0.3 is 19.0 Å². The molecule has 0 saturated heterocycles. The van der Waals surface area contributed by atoms with Gasteiger partial charge in [0.25, 0.3) is 0 Å². The maximum atomic E-state index is 13.2. The zero-order valence-electron chi connectivity index (χ0n) is 56.1. The largest absolute Gasteiger partial charge is 3.00 e. The van der Waals surface area contributed by atoms with E-state index in [2.05, 4.69) is 254 Å². The Kier molecular flexibility index (Phi) is 19.5. The molecule has 9 aromatic carbocycles. The van der Waals surface area contributed by atoms with Crippen molar-refractivity contribution in [2.75, 3.05) is 0 Å². The fourth-order valence-corrected chi connectivity index (χ4v) is 12.3. The molecule has 10 heteroatoms. The van der Waals surface area contributed by atoms with Gasteiger partial charge >= 0.3 is 20.1 Å². The average Bonchev–Trinajstić information content (AvgIpc) is 1.55. The van der Waals surface area contributed by atoms with Gasteiger partial charge in [0.15, 0.2) is 5.82 Å². The topological polar surface area (TPSA) is 95.4 Å². The molecule has 5 heterocycles. The minimum Gasteiger partial charge on any atom is -0.501 e. The molecule has 0 fully saturated rings. The summed E-state index contributed by atoms with van der Waals surface area (Å²) in [5.74, 6) is 3.31. The van der Waals surface area contributed by atoms with Crippen molar-refractivity contribution in [3.8, 4) is 73.2 Å². The van der Waals surface area contributed by atoms with Crippen molar-refractivity contribution in [1.82, 2.24) is 34.5 Å². The minimum atomic E-state index is -0.292. The van der Waals surface area contributed by atoms with E-state index in [1.807, 2.05) is 54.9 Å². The van der Waals surface area contributed by atoms with E-state index in [0.717, 1.165) is 115 Å². The number of pyridine rings is 2. The number of rotatable bonds is 15. The quantitative estimate of drug-likeness (QED) is 0.0944. The summed E-state index contributed by atoms with van der Waals surface area (Å²) < 4.78 is 22.1. The van der Waals surface area contributed by atoms with Crippen LogP contribution in [0.2, 0.25) is 0 Å². The van der Waals surface area contributed by atoms with Crippen LogP contribution < -0.4 is 0 Å². The number of nitrogens with zero attached hydrogens (tertiary/aromatic N) is 7. The molecule has 0 unspecified atom stereocenters. The van der Waals surface area contributed by atoms with E-state index in [4.69, 9.17) is 24.4 Å². The molecule has 5 aromatic heterocycles. The molecule has 0 radical (unpaired) electrons. The predicted octanol–water partition coefficient (Wildman–Crippen LogP) is 21.5. The number of furan rings is 1. The summed E-state index contributed by atoms with van der Waals surface area (Å²) in [5, 5.41) is 2.15. The van der Waals surface area contributed by atoms with E-state index in [-0.39, 0.29) is 48.6 Å². The van der Waals surface area contributed by atoms with Crippen LogP contribution in [-0.4, -0.2) is 34.5 Å². The van der Waals surface area contributed by atoms with E-state index in [1.165, 1.54) is 67.9 Å². The number of aryl methyl sites for hydroxylation is 4. The Morgan fingerprint density at radius 3 is 1.69 bits per heavy atom. The number of aromatic nitrogens is 7. The van der Waals surface area contributed by atoms with Crippen molar-refractivity contribution in [2.24, 2.45) is 0 Å². The molecule has 0 bridgehead atoms. The van der Waals surface area contributed by atoms with E-state index in [1.54, 1.807) is 6.07 Å². The zero-order valence-corrected chi connectivity index (χ0v) is 58.5. The first-order chi connectivity index (χ1) is 45.9. The molecular formula is C86H77FIrN7O. The van der Waals surface area contributed by atoms with Gasteiger partial charge in [-0.3, -0.25) is 9.37 Å². The summed E-state index contributed by atoms with van der Waals surface area (Å²) in [5.41, 5.74) is 22.2. The summed E-state index contributed by atoms with van der Waals surface area (Å²) in [6.45, 7) is 22.0. The molecule has 8 nitrogen and oxygen atoms in total. The molecular weight excluding hydrogens is 1360 g/mol. The number of para-hydroxylation sites is 3. The molecule has 0 amide bonds. The summed E-state index contributed by atoms with van der Waals surface area (Å²) in [7, 11) is 0. The van der Waals surface area contributed by atoms with Crippen molar-refractivity contribution >= 4 is 33.0 Å². The predicted molar refractivity (Wildman–Crippen MR) is 386 cm³/mol. The maximum absolute atomic E-state index is 13.2. The first kappa shape index (κ1) is 66.2. The minimum absolute atomic E-state index is 0. The van der Waals surface area contributed by atoms with Crippen molar-refractivity contribution in [2.45, 2.75) is 118 Å². The Bertz CT molecular complexity index is 4950. The van der Waals surface area contributed by atoms with Crippen LogP contribution in [0.3, 0.4) is 0 Å². The second-order valence-electron chi connectivity index (χ2n) is 27.4. The van der Waals surface area contributed by atoms with Gasteiger partial charge in [-0.2, -0.15) is 0 Å². The Labute approximate surface area is 577 Å². The average molecular weight is 1440 g/mol. The number of benzene rings is 9. The summed E-state index contributed by atoms with van der Waals surface area (Å²) in [6, 6.07) is 82.5. The van der Waals surface area contributed by atoms with Crippen LogP contribution in [0.15, 0.2) is 229 Å². The molecule has 14 rings (SSSR count). The third kappa shape index (κ3) is 14.5. The zero-order chi connectivity index (χ0) is 66.0. The van der Waals surface area contributed by atoms with Gasteiger partial charge in [0.2, 0.25) is 0 Å². The fraction of sp³-hybridized carbons (Fsp3) is 0.209. The van der Waals surface area contributed by atoms with Crippen molar-refractivity contribution in [1.29, 1.82) is 0 Å². The Hall–Kier alpha value is -9.86. The SMILES string of the molecule is CC(C)c1cc(-c2ccc(-c3nc(C(C)(C)C)nc(C(C)(C)C)n3)cc2)cc(C(C)C)c1-n1c(-c2[c-]ccc3c2oc2ccccc23)nc2ccccc21.Fc1c[c-]c(-c2ccc(CCc3cc(CCc4c[c-]c(-c5ccccn5)cc4)cc(-c4ccccc4)c3)cn2)cc1.[Ir+3]. The van der Waals surface area contributed by atoms with Crippen molar-refractivity contribution in [3.63, 3.8) is 0 Å². The molecule has 96 heavy (non-hydrogen) atoms. The molecule has 478 valence electrons. The van der Waals surface area contributed by atoms with Crippen LogP contribution >= 0.6 is 0 Å². The van der Waals surface area contributed by atoms with Gasteiger partial charge in [-0.05, 0) is 129 Å². The van der Waals surface area contributed by atoms with Gasteiger partial charge in [0.05, 0.1) is 22.4 Å². The van der Waals surface area contributed by atoms with E-state index in [0.29, 0.717) is 5.82 Å². The molecule has 0 aliphatic rings. The molecule has 0 spiro atoms. The number of hydrogen-bond donors (Lipinski definition) is 0. The van der Waals surface area contributed by atoms with Crippen LogP contribution in [0.25, 0.3) is 106 Å². The standard InChI is InChI=1S/C48H48N5O.C38H29FN2.Ir/c1-28(2)36-26-32(30-22-24-31(25-23-30)43-50-45(47(5,6)7)52-46(51-43)48(8,9)10)27-37(29(3)4)41(36)53-39-20-13-12-19-38(39)49-44(53)35-18-15-17-34-33-16-11-14-21-40(33)54-42(34)35;39-36-20-18-34(19-21-36)38-22-15-29(27-41-38)10-12-31-24-30(25-35(26-31)32-6-2-1-3-7-32)11-9-28-13-16-33(17-14-28)37-8-4-5-23-40-37;/h11-17,19-29H,1-10H3;1-8,13-16,18,20-27H,9-12H2;/q-1;-2;+3. The number of hydrogen-bond acceptors (Lipinski definition) is 7. The van der Waals surface area contributed by atoms with Gasteiger partial charge in [0, 0.05) is 45.7 Å².